The quantitative estimate of drug-likeness (QED) is 0.656. The van der Waals surface area contributed by atoms with Crippen LogP contribution in [0.4, 0.5) is 0 Å². The summed E-state index contributed by atoms with van der Waals surface area (Å²) in [7, 11) is -4.20. The SMILES string of the molecule is CCC(=O)NC(C(C)C)S(=O)(=O)O. The molecule has 5 nitrogen and oxygen atoms in total. The molecule has 6 heteroatoms. The summed E-state index contributed by atoms with van der Waals surface area (Å²) < 4.78 is 30.3. The minimum Gasteiger partial charge on any atom is -0.337 e. The maximum absolute atomic E-state index is 10.9. The molecule has 0 aliphatic carbocycles. The number of carbonyl (C=O) groups is 1. The summed E-state index contributed by atoms with van der Waals surface area (Å²) in [6, 6.07) is 0. The van der Waals surface area contributed by atoms with E-state index in [2.05, 4.69) is 5.32 Å². The van der Waals surface area contributed by atoms with E-state index in [0.29, 0.717) is 0 Å². The highest BCUT2D eigenvalue weighted by Crippen LogP contribution is 2.07. The fraction of sp³-hybridized carbons (Fsp3) is 0.857. The summed E-state index contributed by atoms with van der Waals surface area (Å²) in [5, 5.41) is 1.02. The van der Waals surface area contributed by atoms with E-state index in [0.717, 1.165) is 0 Å². The topological polar surface area (TPSA) is 83.5 Å². The van der Waals surface area contributed by atoms with Gasteiger partial charge in [-0.3, -0.25) is 9.35 Å². The van der Waals surface area contributed by atoms with Crippen LogP contribution in [0, 0.1) is 5.92 Å². The Bertz CT molecular complexity index is 270. The lowest BCUT2D eigenvalue weighted by atomic mass is 10.2. The largest absolute Gasteiger partial charge is 0.337 e. The Labute approximate surface area is 78.3 Å². The maximum atomic E-state index is 10.9. The van der Waals surface area contributed by atoms with E-state index in [1.165, 1.54) is 0 Å². The van der Waals surface area contributed by atoms with Gasteiger partial charge in [-0.15, -0.1) is 0 Å². The molecule has 0 saturated heterocycles. The third-order valence-corrected chi connectivity index (χ3v) is 2.85. The van der Waals surface area contributed by atoms with Gasteiger partial charge in [0, 0.05) is 6.42 Å². The normalized spacial score (nSPS) is 14.2. The lowest BCUT2D eigenvalue weighted by molar-refractivity contribution is -0.121. The molecule has 0 bridgehead atoms. The van der Waals surface area contributed by atoms with Crippen molar-refractivity contribution in [3.63, 3.8) is 0 Å². The minimum absolute atomic E-state index is 0.193. The molecule has 0 rings (SSSR count). The zero-order valence-corrected chi connectivity index (χ0v) is 8.76. The molecular formula is C7H15NO4S. The van der Waals surface area contributed by atoms with E-state index in [1.807, 2.05) is 0 Å². The Balaban J connectivity index is 4.56. The molecule has 0 aromatic carbocycles. The predicted octanol–water partition coefficient (Wildman–Crippen LogP) is 0.383. The third-order valence-electron chi connectivity index (χ3n) is 1.55. The molecule has 0 spiro atoms. The van der Waals surface area contributed by atoms with Gasteiger partial charge in [0.1, 0.15) is 0 Å². The maximum Gasteiger partial charge on any atom is 0.286 e. The van der Waals surface area contributed by atoms with Crippen LogP contribution < -0.4 is 5.32 Å². The van der Waals surface area contributed by atoms with Gasteiger partial charge in [-0.25, -0.2) is 0 Å². The van der Waals surface area contributed by atoms with Crippen LogP contribution in [0.5, 0.6) is 0 Å². The number of carbonyl (C=O) groups excluding carboxylic acids is 1. The standard InChI is InChI=1S/C7H15NO4S/c1-4-6(9)8-7(5(2)3)13(10,11)12/h5,7H,4H2,1-3H3,(H,8,9)(H,10,11,12). The zero-order valence-electron chi connectivity index (χ0n) is 7.94. The highest BCUT2D eigenvalue weighted by Gasteiger charge is 2.27. The second kappa shape index (κ2) is 4.57. The van der Waals surface area contributed by atoms with Crippen LogP contribution in [0.1, 0.15) is 27.2 Å². The summed E-state index contributed by atoms with van der Waals surface area (Å²) in [5.74, 6) is -0.748. The predicted molar refractivity (Wildman–Crippen MR) is 48.6 cm³/mol. The van der Waals surface area contributed by atoms with Crippen molar-refractivity contribution in [1.29, 1.82) is 0 Å². The van der Waals surface area contributed by atoms with Crippen molar-refractivity contribution in [2.24, 2.45) is 5.92 Å². The first-order valence-corrected chi connectivity index (χ1v) is 5.55. The number of amides is 1. The van der Waals surface area contributed by atoms with Crippen molar-refractivity contribution in [1.82, 2.24) is 5.32 Å². The Morgan fingerprint density at radius 2 is 1.92 bits per heavy atom. The van der Waals surface area contributed by atoms with Crippen molar-refractivity contribution >= 4 is 16.0 Å². The lowest BCUT2D eigenvalue weighted by Gasteiger charge is -2.18. The van der Waals surface area contributed by atoms with E-state index >= 15 is 0 Å². The fourth-order valence-corrected chi connectivity index (χ4v) is 1.81. The van der Waals surface area contributed by atoms with Crippen LogP contribution >= 0.6 is 0 Å². The molecule has 0 aromatic rings. The van der Waals surface area contributed by atoms with Crippen LogP contribution in [-0.4, -0.2) is 24.3 Å². The smallest absolute Gasteiger partial charge is 0.286 e. The summed E-state index contributed by atoms with van der Waals surface area (Å²) in [6.07, 6.45) is 0.193. The minimum atomic E-state index is -4.20. The van der Waals surface area contributed by atoms with E-state index in [4.69, 9.17) is 4.55 Å². The molecule has 0 radical (unpaired) electrons. The highest BCUT2D eigenvalue weighted by molar-refractivity contribution is 7.86. The molecule has 1 atom stereocenters. The number of hydrogen-bond donors (Lipinski definition) is 2. The summed E-state index contributed by atoms with van der Waals surface area (Å²) in [4.78, 5) is 10.9. The van der Waals surface area contributed by atoms with Crippen molar-refractivity contribution in [2.45, 2.75) is 32.6 Å². The van der Waals surface area contributed by atoms with Crippen LogP contribution in [0.15, 0.2) is 0 Å². The van der Waals surface area contributed by atoms with Crippen LogP contribution in [0.3, 0.4) is 0 Å². The molecule has 1 unspecified atom stereocenters. The van der Waals surface area contributed by atoms with Gasteiger partial charge < -0.3 is 5.32 Å². The second-order valence-corrected chi connectivity index (χ2v) is 4.64. The van der Waals surface area contributed by atoms with E-state index < -0.39 is 21.4 Å². The number of rotatable bonds is 4. The van der Waals surface area contributed by atoms with Gasteiger partial charge in [0.15, 0.2) is 5.37 Å². The Morgan fingerprint density at radius 3 is 2.15 bits per heavy atom. The van der Waals surface area contributed by atoms with Gasteiger partial charge in [-0.2, -0.15) is 8.42 Å². The number of hydrogen-bond acceptors (Lipinski definition) is 3. The Kier molecular flexibility index (Phi) is 4.35. The monoisotopic (exact) mass is 209 g/mol. The van der Waals surface area contributed by atoms with Gasteiger partial charge >= 0.3 is 0 Å². The van der Waals surface area contributed by atoms with Crippen molar-refractivity contribution in [2.75, 3.05) is 0 Å². The van der Waals surface area contributed by atoms with Crippen molar-refractivity contribution < 1.29 is 17.8 Å². The van der Waals surface area contributed by atoms with Crippen molar-refractivity contribution in [3.05, 3.63) is 0 Å². The molecule has 2 N–H and O–H groups in total. The molecular weight excluding hydrogens is 194 g/mol. The molecule has 0 aromatic heterocycles. The molecule has 0 heterocycles. The molecule has 13 heavy (non-hydrogen) atoms. The molecule has 0 fully saturated rings. The summed E-state index contributed by atoms with van der Waals surface area (Å²) >= 11 is 0. The Morgan fingerprint density at radius 1 is 1.46 bits per heavy atom. The Hall–Kier alpha value is -0.620. The molecule has 0 aliphatic heterocycles. The first kappa shape index (κ1) is 12.4. The lowest BCUT2D eigenvalue weighted by Crippen LogP contribution is -2.43. The molecule has 78 valence electrons. The van der Waals surface area contributed by atoms with Crippen LogP contribution in [-0.2, 0) is 14.9 Å². The number of nitrogens with one attached hydrogen (secondary N) is 1. The molecule has 0 aliphatic rings. The highest BCUT2D eigenvalue weighted by atomic mass is 32.2. The molecule has 0 saturated carbocycles. The fourth-order valence-electron chi connectivity index (χ4n) is 0.846. The third kappa shape index (κ3) is 4.23. The van der Waals surface area contributed by atoms with Crippen LogP contribution in [0.25, 0.3) is 0 Å². The average molecular weight is 209 g/mol. The van der Waals surface area contributed by atoms with Crippen molar-refractivity contribution in [3.8, 4) is 0 Å². The zero-order chi connectivity index (χ0) is 10.6. The average Bonchev–Trinajstić information content (AvgIpc) is 1.96. The second-order valence-electron chi connectivity index (χ2n) is 3.10. The first-order valence-electron chi connectivity index (χ1n) is 4.04. The summed E-state index contributed by atoms with van der Waals surface area (Å²) in [6.45, 7) is 4.82. The van der Waals surface area contributed by atoms with Gasteiger partial charge in [0.25, 0.3) is 10.1 Å². The molecule has 1 amide bonds. The van der Waals surface area contributed by atoms with Crippen LogP contribution in [0.2, 0.25) is 0 Å². The van der Waals surface area contributed by atoms with E-state index in [-0.39, 0.29) is 12.3 Å². The van der Waals surface area contributed by atoms with Gasteiger partial charge in [-0.1, -0.05) is 20.8 Å². The van der Waals surface area contributed by atoms with E-state index in [9.17, 15) is 13.2 Å². The first-order chi connectivity index (χ1) is 5.79. The van der Waals surface area contributed by atoms with Gasteiger partial charge in [0.2, 0.25) is 5.91 Å². The van der Waals surface area contributed by atoms with E-state index in [1.54, 1.807) is 20.8 Å². The van der Waals surface area contributed by atoms with Gasteiger partial charge in [-0.05, 0) is 5.92 Å². The van der Waals surface area contributed by atoms with Gasteiger partial charge in [0.05, 0.1) is 0 Å². The summed E-state index contributed by atoms with van der Waals surface area (Å²) in [5.41, 5.74) is 0.